The van der Waals surface area contributed by atoms with Crippen molar-refractivity contribution >= 4 is 32.6 Å². The third-order valence-electron chi connectivity index (χ3n) is 9.03. The number of aromatic nitrogens is 3. The third kappa shape index (κ3) is 5.78. The number of aliphatic hydroxyl groups is 1. The molecule has 3 aromatic rings. The van der Waals surface area contributed by atoms with Crippen molar-refractivity contribution in [3.63, 3.8) is 0 Å². The van der Waals surface area contributed by atoms with Crippen LogP contribution in [0.3, 0.4) is 0 Å². The number of aliphatic hydroxyl groups excluding tert-OH is 1. The third-order valence-corrected chi connectivity index (χ3v) is 9.96. The Balaban J connectivity index is 0.939. The smallest absolute Gasteiger partial charge is 0.229 e. The van der Waals surface area contributed by atoms with Crippen LogP contribution in [-0.4, -0.2) is 74.9 Å². The van der Waals surface area contributed by atoms with Gasteiger partial charge in [-0.2, -0.15) is 0 Å². The van der Waals surface area contributed by atoms with Gasteiger partial charge in [0, 0.05) is 42.5 Å². The SMILES string of the molecule is O=C(Nc1nc2ccc(-c3cnc(CO[C@H]4CCC[C@@H]4O)nc3)cc2s1)C1CC(N2CCOCC2CC2CC2)C1. The van der Waals surface area contributed by atoms with Crippen LogP contribution in [0.4, 0.5) is 5.13 Å². The van der Waals surface area contributed by atoms with Crippen LogP contribution in [0.1, 0.15) is 57.2 Å². The topological polar surface area (TPSA) is 110 Å². The van der Waals surface area contributed by atoms with Gasteiger partial charge >= 0.3 is 0 Å². The van der Waals surface area contributed by atoms with Gasteiger partial charge in [0.15, 0.2) is 11.0 Å². The molecule has 4 fully saturated rings. The predicted molar refractivity (Wildman–Crippen MR) is 153 cm³/mol. The number of anilines is 1. The van der Waals surface area contributed by atoms with Crippen LogP contribution >= 0.6 is 11.3 Å². The number of morpholine rings is 1. The van der Waals surface area contributed by atoms with Gasteiger partial charge in [-0.15, -0.1) is 0 Å². The molecule has 40 heavy (non-hydrogen) atoms. The minimum atomic E-state index is -0.384. The Bertz CT molecular complexity index is 1340. The summed E-state index contributed by atoms with van der Waals surface area (Å²) in [6.45, 7) is 2.93. The zero-order valence-electron chi connectivity index (χ0n) is 22.7. The maximum absolute atomic E-state index is 13.0. The summed E-state index contributed by atoms with van der Waals surface area (Å²) in [5.41, 5.74) is 2.78. The number of nitrogens with one attached hydrogen (secondary N) is 1. The molecule has 0 bridgehead atoms. The van der Waals surface area contributed by atoms with Crippen LogP contribution in [-0.2, 0) is 20.9 Å². The lowest BCUT2D eigenvalue weighted by Gasteiger charge is -2.47. The highest BCUT2D eigenvalue weighted by Crippen LogP contribution is 2.40. The van der Waals surface area contributed by atoms with Crippen molar-refractivity contribution in [3.8, 4) is 11.1 Å². The lowest BCUT2D eigenvalue weighted by molar-refractivity contribution is -0.127. The molecule has 3 heterocycles. The second-order valence-corrected chi connectivity index (χ2v) is 12.9. The molecule has 1 saturated heterocycles. The highest BCUT2D eigenvalue weighted by Gasteiger charge is 2.42. The molecule has 3 atom stereocenters. The number of ether oxygens (including phenoxy) is 2. The molecular weight excluding hydrogens is 526 g/mol. The number of benzene rings is 1. The first-order valence-corrected chi connectivity index (χ1v) is 15.6. The Morgan fingerprint density at radius 2 is 2.00 bits per heavy atom. The van der Waals surface area contributed by atoms with E-state index in [-0.39, 0.29) is 24.0 Å². The van der Waals surface area contributed by atoms with E-state index in [2.05, 4.69) is 31.2 Å². The van der Waals surface area contributed by atoms with Crippen LogP contribution in [0.2, 0.25) is 0 Å². The molecule has 2 N–H and O–H groups in total. The van der Waals surface area contributed by atoms with E-state index in [4.69, 9.17) is 9.47 Å². The van der Waals surface area contributed by atoms with Gasteiger partial charge in [0.2, 0.25) is 5.91 Å². The zero-order valence-corrected chi connectivity index (χ0v) is 23.5. The number of nitrogens with zero attached hydrogens (tertiary/aromatic N) is 4. The summed E-state index contributed by atoms with van der Waals surface area (Å²) in [6.07, 6.45) is 11.6. The van der Waals surface area contributed by atoms with E-state index >= 15 is 0 Å². The molecule has 1 unspecified atom stereocenters. The summed E-state index contributed by atoms with van der Waals surface area (Å²) >= 11 is 1.50. The van der Waals surface area contributed by atoms with Crippen LogP contribution in [0, 0.1) is 11.8 Å². The van der Waals surface area contributed by atoms with E-state index in [9.17, 15) is 9.90 Å². The van der Waals surface area contributed by atoms with Crippen LogP contribution in [0.25, 0.3) is 21.3 Å². The number of rotatable bonds is 9. The van der Waals surface area contributed by atoms with Crippen molar-refractivity contribution in [3.05, 3.63) is 36.4 Å². The number of amides is 1. The molecule has 2 aromatic heterocycles. The second-order valence-electron chi connectivity index (χ2n) is 11.9. The number of fused-ring (bicyclic) bond motifs is 1. The van der Waals surface area contributed by atoms with Gasteiger partial charge in [0.25, 0.3) is 0 Å². The normalized spacial score (nSPS) is 29.0. The average Bonchev–Trinajstić information content (AvgIpc) is 3.52. The quantitative estimate of drug-likeness (QED) is 0.394. The van der Waals surface area contributed by atoms with Crippen LogP contribution < -0.4 is 5.32 Å². The number of hydrogen-bond acceptors (Lipinski definition) is 9. The predicted octanol–water partition coefficient (Wildman–Crippen LogP) is 4.40. The molecule has 7 rings (SSSR count). The molecule has 1 aliphatic heterocycles. The summed E-state index contributed by atoms with van der Waals surface area (Å²) in [7, 11) is 0. The van der Waals surface area contributed by atoms with Crippen molar-refractivity contribution in [1.82, 2.24) is 19.9 Å². The Kier molecular flexibility index (Phi) is 7.53. The molecule has 3 aliphatic carbocycles. The second kappa shape index (κ2) is 11.4. The van der Waals surface area contributed by atoms with Crippen molar-refractivity contribution in [1.29, 1.82) is 0 Å². The van der Waals surface area contributed by atoms with Gasteiger partial charge in [-0.1, -0.05) is 30.2 Å². The molecule has 1 amide bonds. The zero-order chi connectivity index (χ0) is 27.1. The highest BCUT2D eigenvalue weighted by molar-refractivity contribution is 7.22. The van der Waals surface area contributed by atoms with E-state index < -0.39 is 0 Å². The van der Waals surface area contributed by atoms with Gasteiger partial charge in [-0.05, 0) is 62.1 Å². The molecule has 212 valence electrons. The lowest BCUT2D eigenvalue weighted by atomic mass is 9.77. The fraction of sp³-hybridized carbons (Fsp3) is 0.600. The Labute approximate surface area is 238 Å². The van der Waals surface area contributed by atoms with Crippen molar-refractivity contribution in [2.75, 3.05) is 25.1 Å². The standard InChI is InChI=1S/C30H37N5O4S/c36-25-2-1-3-26(25)39-17-28-31-14-21(15-32-28)19-6-7-24-27(13-19)40-30(33-24)34-29(37)20-11-22(12-20)35-8-9-38-16-23(35)10-18-4-5-18/h6-7,13-15,18,20,22-23,25-26,36H,1-5,8-12,16-17H2,(H,33,34,37)/t20?,22?,23?,25-,26-/m0/s1. The minimum absolute atomic E-state index is 0.0496. The maximum Gasteiger partial charge on any atom is 0.229 e. The first kappa shape index (κ1) is 26.4. The number of carbonyl (C=O) groups is 1. The fourth-order valence-electron chi connectivity index (χ4n) is 6.39. The molecule has 9 nitrogen and oxygen atoms in total. The summed E-state index contributed by atoms with van der Waals surface area (Å²) in [6, 6.07) is 7.08. The Hall–Kier alpha value is -2.50. The van der Waals surface area contributed by atoms with E-state index in [1.54, 1.807) is 12.4 Å². The maximum atomic E-state index is 13.0. The fourth-order valence-corrected chi connectivity index (χ4v) is 7.30. The van der Waals surface area contributed by atoms with Gasteiger partial charge in [-0.3, -0.25) is 9.69 Å². The molecular formula is C30H37N5O4S. The highest BCUT2D eigenvalue weighted by atomic mass is 32.1. The van der Waals surface area contributed by atoms with E-state index in [1.807, 2.05) is 12.1 Å². The Morgan fingerprint density at radius 3 is 2.77 bits per heavy atom. The van der Waals surface area contributed by atoms with Crippen molar-refractivity contribution in [2.45, 2.75) is 82.3 Å². The monoisotopic (exact) mass is 563 g/mol. The largest absolute Gasteiger partial charge is 0.390 e. The van der Waals surface area contributed by atoms with Crippen molar-refractivity contribution < 1.29 is 19.4 Å². The molecule has 10 heteroatoms. The van der Waals surface area contributed by atoms with E-state index in [1.165, 1.54) is 30.6 Å². The minimum Gasteiger partial charge on any atom is -0.390 e. The summed E-state index contributed by atoms with van der Waals surface area (Å²) in [4.78, 5) is 29.2. The van der Waals surface area contributed by atoms with Gasteiger partial charge in [0.05, 0.1) is 35.6 Å². The average molecular weight is 564 g/mol. The summed E-state index contributed by atoms with van der Waals surface area (Å²) in [5.74, 6) is 1.63. The Morgan fingerprint density at radius 1 is 1.15 bits per heavy atom. The molecule has 1 aromatic carbocycles. The number of thiazole rings is 1. The van der Waals surface area contributed by atoms with Crippen molar-refractivity contribution in [2.24, 2.45) is 11.8 Å². The van der Waals surface area contributed by atoms with E-state index in [0.717, 1.165) is 79.1 Å². The van der Waals surface area contributed by atoms with Crippen LogP contribution in [0.5, 0.6) is 0 Å². The van der Waals surface area contributed by atoms with Gasteiger partial charge < -0.3 is 19.9 Å². The molecule has 0 radical (unpaired) electrons. The summed E-state index contributed by atoms with van der Waals surface area (Å²) < 4.78 is 12.6. The van der Waals surface area contributed by atoms with Gasteiger partial charge in [0.1, 0.15) is 6.61 Å². The molecule has 4 aliphatic rings. The number of carbonyl (C=O) groups excluding carboxylic acids is 1. The van der Waals surface area contributed by atoms with Gasteiger partial charge in [-0.25, -0.2) is 15.0 Å². The number of hydrogen-bond donors (Lipinski definition) is 2. The lowest BCUT2D eigenvalue weighted by Crippen LogP contribution is -2.56. The first-order chi connectivity index (χ1) is 19.6. The van der Waals surface area contributed by atoms with Crippen LogP contribution in [0.15, 0.2) is 30.6 Å². The summed E-state index contributed by atoms with van der Waals surface area (Å²) in [5, 5.41) is 13.7. The molecule has 0 spiro atoms. The first-order valence-electron chi connectivity index (χ1n) is 14.7. The molecule has 3 saturated carbocycles. The van der Waals surface area contributed by atoms with E-state index in [0.29, 0.717) is 29.6 Å².